The fourth-order valence-corrected chi connectivity index (χ4v) is 4.50. The lowest BCUT2D eigenvalue weighted by atomic mass is 10.1. The van der Waals surface area contributed by atoms with Crippen molar-refractivity contribution in [3.05, 3.63) is 62.9 Å². The molecule has 6 nitrogen and oxygen atoms in total. The third-order valence-electron chi connectivity index (χ3n) is 5.19. The highest BCUT2D eigenvalue weighted by Gasteiger charge is 2.15. The molecule has 164 valence electrons. The Bertz CT molecular complexity index is 1080. The number of aryl methyl sites for hydroxylation is 2. The number of rotatable bonds is 8. The third kappa shape index (κ3) is 5.49. The molecule has 1 N–H and O–H groups in total. The Morgan fingerprint density at radius 1 is 1.10 bits per heavy atom. The van der Waals surface area contributed by atoms with E-state index in [1.54, 1.807) is 0 Å². The zero-order chi connectivity index (χ0) is 22.5. The van der Waals surface area contributed by atoms with Gasteiger partial charge >= 0.3 is 0 Å². The Kier molecular flexibility index (Phi) is 7.78. The second kappa shape index (κ2) is 10.3. The minimum absolute atomic E-state index is 0.0752. The average molecular weight is 503 g/mol. The van der Waals surface area contributed by atoms with E-state index in [1.807, 2.05) is 69.5 Å². The smallest absolute Gasteiger partial charge is 0.234 e. The van der Waals surface area contributed by atoms with Crippen molar-refractivity contribution in [2.45, 2.75) is 52.9 Å². The molecule has 8 heteroatoms. The van der Waals surface area contributed by atoms with E-state index in [4.69, 9.17) is 4.74 Å². The summed E-state index contributed by atoms with van der Waals surface area (Å²) < 4.78 is 9.05. The lowest BCUT2D eigenvalue weighted by Crippen LogP contribution is -2.16. The monoisotopic (exact) mass is 502 g/mol. The van der Waals surface area contributed by atoms with Crippen molar-refractivity contribution in [3.8, 4) is 5.75 Å². The van der Waals surface area contributed by atoms with E-state index in [9.17, 15) is 4.79 Å². The molecule has 0 spiro atoms. The Morgan fingerprint density at radius 3 is 2.48 bits per heavy atom. The van der Waals surface area contributed by atoms with Crippen LogP contribution < -0.4 is 10.1 Å². The van der Waals surface area contributed by atoms with Crippen molar-refractivity contribution < 1.29 is 9.53 Å². The molecule has 3 rings (SSSR count). The molecule has 0 aliphatic carbocycles. The number of anilines is 1. The zero-order valence-electron chi connectivity index (χ0n) is 18.5. The molecule has 0 aliphatic rings. The SMILES string of the molecule is CCn1c(COc2c(C)cccc2C)nnc1SCC(=O)Nc1ccc(Br)c(C)c1C. The van der Waals surface area contributed by atoms with Crippen LogP contribution in [-0.4, -0.2) is 26.4 Å². The number of para-hydroxylation sites is 1. The van der Waals surface area contributed by atoms with E-state index >= 15 is 0 Å². The number of ether oxygens (including phenoxy) is 1. The molecule has 0 unspecified atom stereocenters. The van der Waals surface area contributed by atoms with Crippen molar-refractivity contribution in [3.63, 3.8) is 0 Å². The van der Waals surface area contributed by atoms with Gasteiger partial charge in [-0.1, -0.05) is 45.9 Å². The molecule has 31 heavy (non-hydrogen) atoms. The van der Waals surface area contributed by atoms with Crippen LogP contribution in [0.25, 0.3) is 0 Å². The number of thioether (sulfide) groups is 1. The van der Waals surface area contributed by atoms with Gasteiger partial charge in [0.05, 0.1) is 5.75 Å². The summed E-state index contributed by atoms with van der Waals surface area (Å²) in [6, 6.07) is 9.93. The van der Waals surface area contributed by atoms with Gasteiger partial charge < -0.3 is 14.6 Å². The Hall–Kier alpha value is -2.32. The van der Waals surface area contributed by atoms with Crippen LogP contribution in [-0.2, 0) is 17.9 Å². The molecule has 2 aromatic carbocycles. The van der Waals surface area contributed by atoms with Crippen molar-refractivity contribution in [2.75, 3.05) is 11.1 Å². The summed E-state index contributed by atoms with van der Waals surface area (Å²) >= 11 is 4.89. The second-order valence-corrected chi connectivity index (χ2v) is 9.13. The number of nitrogens with one attached hydrogen (secondary N) is 1. The van der Waals surface area contributed by atoms with Gasteiger partial charge in [0, 0.05) is 16.7 Å². The first kappa shape index (κ1) is 23.3. The number of hydrogen-bond donors (Lipinski definition) is 1. The lowest BCUT2D eigenvalue weighted by Gasteiger charge is -2.13. The maximum Gasteiger partial charge on any atom is 0.234 e. The standard InChI is InChI=1S/C23H27BrN4O2S/c1-6-28-20(12-30-22-14(2)8-7-9-15(22)3)26-27-23(28)31-13-21(29)25-19-11-10-18(24)16(4)17(19)5/h7-11H,6,12-13H2,1-5H3,(H,25,29). The second-order valence-electron chi connectivity index (χ2n) is 7.33. The molecule has 3 aromatic rings. The first-order chi connectivity index (χ1) is 14.8. The fourth-order valence-electron chi connectivity index (χ4n) is 3.25. The molecule has 0 bridgehead atoms. The van der Waals surface area contributed by atoms with Crippen LogP contribution in [0.1, 0.15) is 35.0 Å². The van der Waals surface area contributed by atoms with Gasteiger partial charge in [0.15, 0.2) is 11.0 Å². The summed E-state index contributed by atoms with van der Waals surface area (Å²) in [4.78, 5) is 12.5. The van der Waals surface area contributed by atoms with Gasteiger partial charge in [-0.05, 0) is 69.0 Å². The van der Waals surface area contributed by atoms with Crippen LogP contribution in [0.3, 0.4) is 0 Å². The predicted octanol–water partition coefficient (Wildman–Crippen LogP) is 5.60. The number of amides is 1. The Balaban J connectivity index is 1.63. The van der Waals surface area contributed by atoms with E-state index < -0.39 is 0 Å². The summed E-state index contributed by atoms with van der Waals surface area (Å²) in [7, 11) is 0. The van der Waals surface area contributed by atoms with E-state index in [1.165, 1.54) is 11.8 Å². The predicted molar refractivity (Wildman–Crippen MR) is 129 cm³/mol. The first-order valence-corrected chi connectivity index (χ1v) is 11.9. The number of nitrogens with zero attached hydrogens (tertiary/aromatic N) is 3. The van der Waals surface area contributed by atoms with Crippen LogP contribution in [0.15, 0.2) is 40.0 Å². The van der Waals surface area contributed by atoms with Crippen LogP contribution in [0, 0.1) is 27.7 Å². The normalized spacial score (nSPS) is 10.9. The van der Waals surface area contributed by atoms with Gasteiger partial charge in [0.1, 0.15) is 12.4 Å². The van der Waals surface area contributed by atoms with Gasteiger partial charge in [-0.3, -0.25) is 4.79 Å². The number of aromatic nitrogens is 3. The van der Waals surface area contributed by atoms with Crippen molar-refractivity contribution in [1.82, 2.24) is 14.8 Å². The summed E-state index contributed by atoms with van der Waals surface area (Å²) in [5, 5.41) is 12.3. The molecule has 0 saturated carbocycles. The fraction of sp³-hybridized carbons (Fsp3) is 0.348. The quantitative estimate of drug-likeness (QED) is 0.405. The summed E-state index contributed by atoms with van der Waals surface area (Å²) in [5.41, 5.74) is 5.17. The van der Waals surface area contributed by atoms with Gasteiger partial charge in [-0.25, -0.2) is 0 Å². The number of carbonyl (C=O) groups excluding carboxylic acids is 1. The molecule has 0 atom stereocenters. The molecule has 0 fully saturated rings. The summed E-state index contributed by atoms with van der Waals surface area (Å²) in [6.45, 7) is 11.1. The highest BCUT2D eigenvalue weighted by Crippen LogP contribution is 2.27. The van der Waals surface area contributed by atoms with E-state index in [0.29, 0.717) is 18.3 Å². The minimum Gasteiger partial charge on any atom is -0.485 e. The molecular formula is C23H27BrN4O2S. The molecule has 1 amide bonds. The van der Waals surface area contributed by atoms with E-state index in [2.05, 4.69) is 31.4 Å². The minimum atomic E-state index is -0.0752. The number of carbonyl (C=O) groups is 1. The molecule has 0 saturated heterocycles. The highest BCUT2D eigenvalue weighted by atomic mass is 79.9. The molecule has 0 radical (unpaired) electrons. The van der Waals surface area contributed by atoms with Gasteiger partial charge in [-0.15, -0.1) is 10.2 Å². The Morgan fingerprint density at radius 2 is 1.81 bits per heavy atom. The van der Waals surface area contributed by atoms with Gasteiger partial charge in [-0.2, -0.15) is 0 Å². The van der Waals surface area contributed by atoms with Crippen LogP contribution in [0.5, 0.6) is 5.75 Å². The average Bonchev–Trinajstić information content (AvgIpc) is 3.14. The number of benzene rings is 2. The third-order valence-corrected chi connectivity index (χ3v) is 7.02. The van der Waals surface area contributed by atoms with Crippen molar-refractivity contribution in [1.29, 1.82) is 0 Å². The van der Waals surface area contributed by atoms with Crippen molar-refractivity contribution in [2.24, 2.45) is 0 Å². The van der Waals surface area contributed by atoms with Crippen LogP contribution >= 0.6 is 27.7 Å². The van der Waals surface area contributed by atoms with Gasteiger partial charge in [0.2, 0.25) is 5.91 Å². The lowest BCUT2D eigenvalue weighted by molar-refractivity contribution is -0.113. The van der Waals surface area contributed by atoms with E-state index in [-0.39, 0.29) is 11.7 Å². The Labute approximate surface area is 195 Å². The topological polar surface area (TPSA) is 69.0 Å². The first-order valence-electron chi connectivity index (χ1n) is 10.1. The maximum atomic E-state index is 12.5. The summed E-state index contributed by atoms with van der Waals surface area (Å²) in [6.07, 6.45) is 0. The maximum absolute atomic E-state index is 12.5. The van der Waals surface area contributed by atoms with Crippen LogP contribution in [0.4, 0.5) is 5.69 Å². The molecular weight excluding hydrogens is 476 g/mol. The van der Waals surface area contributed by atoms with Gasteiger partial charge in [0.25, 0.3) is 0 Å². The van der Waals surface area contributed by atoms with Crippen molar-refractivity contribution >= 4 is 39.3 Å². The molecule has 1 aromatic heterocycles. The largest absolute Gasteiger partial charge is 0.485 e. The molecule has 1 heterocycles. The van der Waals surface area contributed by atoms with Crippen LogP contribution in [0.2, 0.25) is 0 Å². The van der Waals surface area contributed by atoms with E-state index in [0.717, 1.165) is 44.0 Å². The summed E-state index contributed by atoms with van der Waals surface area (Å²) in [5.74, 6) is 1.80. The number of halogens is 1. The zero-order valence-corrected chi connectivity index (χ0v) is 20.9. The molecule has 0 aliphatic heterocycles. The highest BCUT2D eigenvalue weighted by molar-refractivity contribution is 9.10. The number of hydrogen-bond acceptors (Lipinski definition) is 5.